The van der Waals surface area contributed by atoms with E-state index in [0.717, 1.165) is 21.9 Å². The average Bonchev–Trinajstić information content (AvgIpc) is 3.17. The number of hydrogen-bond donors (Lipinski definition) is 0. The fraction of sp³-hybridized carbons (Fsp3) is 0.0952. The molecule has 0 spiro atoms. The summed E-state index contributed by atoms with van der Waals surface area (Å²) >= 11 is 0. The fourth-order valence-electron chi connectivity index (χ4n) is 2.80. The molecule has 0 bridgehead atoms. The highest BCUT2D eigenvalue weighted by molar-refractivity contribution is 5.88. The first kappa shape index (κ1) is 16.0. The van der Waals surface area contributed by atoms with Gasteiger partial charge >= 0.3 is 5.97 Å². The topological polar surface area (TPSA) is 65.2 Å². The fourth-order valence-corrected chi connectivity index (χ4v) is 2.80. The Morgan fingerprint density at radius 1 is 0.885 bits per heavy atom. The number of aromatic nitrogens is 2. The van der Waals surface area contributed by atoms with Gasteiger partial charge in [0.15, 0.2) is 6.61 Å². The number of nitrogens with zero attached hydrogens (tertiary/aromatic N) is 2. The van der Waals surface area contributed by atoms with E-state index in [2.05, 4.69) is 10.2 Å². The summed E-state index contributed by atoms with van der Waals surface area (Å²) in [6.45, 7) is -0.0383. The molecule has 0 aliphatic carbocycles. The van der Waals surface area contributed by atoms with Gasteiger partial charge in [0.25, 0.3) is 5.89 Å². The second-order valence-corrected chi connectivity index (χ2v) is 5.84. The summed E-state index contributed by atoms with van der Waals surface area (Å²) in [7, 11) is 0. The predicted octanol–water partition coefficient (Wildman–Crippen LogP) is 4.18. The summed E-state index contributed by atoms with van der Waals surface area (Å²) < 4.78 is 10.8. The molecule has 0 N–H and O–H groups in total. The highest BCUT2D eigenvalue weighted by atomic mass is 16.5. The SMILES string of the molecule is O=C(Cc1cccc2ccccc12)OCc1nnc(-c2ccccc2)o1. The third kappa shape index (κ3) is 3.47. The molecule has 4 rings (SSSR count). The zero-order valence-corrected chi connectivity index (χ0v) is 14.0. The third-order valence-electron chi connectivity index (χ3n) is 4.06. The lowest BCUT2D eigenvalue weighted by atomic mass is 10.0. The Morgan fingerprint density at radius 3 is 2.54 bits per heavy atom. The van der Waals surface area contributed by atoms with Gasteiger partial charge in [0.2, 0.25) is 5.89 Å². The Bertz CT molecular complexity index is 1040. The van der Waals surface area contributed by atoms with Crippen LogP contribution in [0.1, 0.15) is 11.5 Å². The lowest BCUT2D eigenvalue weighted by Crippen LogP contribution is -2.08. The predicted molar refractivity (Wildman–Crippen MR) is 97.2 cm³/mol. The zero-order chi connectivity index (χ0) is 17.8. The zero-order valence-electron chi connectivity index (χ0n) is 14.0. The van der Waals surface area contributed by atoms with Crippen LogP contribution in [-0.4, -0.2) is 16.2 Å². The molecule has 0 radical (unpaired) electrons. The summed E-state index contributed by atoms with van der Waals surface area (Å²) in [6.07, 6.45) is 0.195. The van der Waals surface area contributed by atoms with Crippen LogP contribution in [0.4, 0.5) is 0 Å². The first-order chi connectivity index (χ1) is 12.8. The van der Waals surface area contributed by atoms with E-state index in [1.807, 2.05) is 72.8 Å². The number of fused-ring (bicyclic) bond motifs is 1. The monoisotopic (exact) mass is 344 g/mol. The van der Waals surface area contributed by atoms with Crippen LogP contribution in [0.25, 0.3) is 22.2 Å². The van der Waals surface area contributed by atoms with Gasteiger partial charge in [-0.2, -0.15) is 0 Å². The van der Waals surface area contributed by atoms with Crippen LogP contribution in [0.3, 0.4) is 0 Å². The quantitative estimate of drug-likeness (QED) is 0.508. The van der Waals surface area contributed by atoms with Gasteiger partial charge in [-0.15, -0.1) is 10.2 Å². The molecule has 128 valence electrons. The highest BCUT2D eigenvalue weighted by Crippen LogP contribution is 2.20. The largest absolute Gasteiger partial charge is 0.455 e. The average molecular weight is 344 g/mol. The van der Waals surface area contributed by atoms with E-state index in [1.54, 1.807) is 0 Å². The molecule has 0 saturated heterocycles. The second-order valence-electron chi connectivity index (χ2n) is 5.84. The minimum Gasteiger partial charge on any atom is -0.455 e. The van der Waals surface area contributed by atoms with Crippen molar-refractivity contribution in [2.45, 2.75) is 13.0 Å². The number of carbonyl (C=O) groups is 1. The first-order valence-corrected chi connectivity index (χ1v) is 8.30. The van der Waals surface area contributed by atoms with Crippen molar-refractivity contribution in [1.82, 2.24) is 10.2 Å². The van der Waals surface area contributed by atoms with E-state index in [-0.39, 0.29) is 24.9 Å². The molecular formula is C21H16N2O3. The van der Waals surface area contributed by atoms with Crippen LogP contribution in [0.2, 0.25) is 0 Å². The molecule has 0 unspecified atom stereocenters. The minimum absolute atomic E-state index is 0.0383. The van der Waals surface area contributed by atoms with Gasteiger partial charge in [0.05, 0.1) is 6.42 Å². The van der Waals surface area contributed by atoms with Gasteiger partial charge in [-0.1, -0.05) is 60.7 Å². The van der Waals surface area contributed by atoms with E-state index in [4.69, 9.17) is 9.15 Å². The van der Waals surface area contributed by atoms with Crippen LogP contribution < -0.4 is 0 Å². The van der Waals surface area contributed by atoms with Crippen LogP contribution in [-0.2, 0) is 22.6 Å². The maximum Gasteiger partial charge on any atom is 0.310 e. The van der Waals surface area contributed by atoms with Gasteiger partial charge in [0, 0.05) is 5.56 Å². The maximum absolute atomic E-state index is 12.2. The van der Waals surface area contributed by atoms with Crippen molar-refractivity contribution in [2.24, 2.45) is 0 Å². The molecule has 0 saturated carbocycles. The van der Waals surface area contributed by atoms with Crippen molar-refractivity contribution in [3.8, 4) is 11.5 Å². The molecule has 0 fully saturated rings. The number of ether oxygens (including phenoxy) is 1. The van der Waals surface area contributed by atoms with Gasteiger partial charge in [-0.25, -0.2) is 0 Å². The van der Waals surface area contributed by atoms with Crippen molar-refractivity contribution < 1.29 is 13.9 Å². The van der Waals surface area contributed by atoms with Crippen LogP contribution in [0.5, 0.6) is 0 Å². The molecule has 4 aromatic rings. The minimum atomic E-state index is -0.333. The molecule has 0 aliphatic heterocycles. The molecule has 0 amide bonds. The number of benzene rings is 3. The van der Waals surface area contributed by atoms with Crippen molar-refractivity contribution in [3.05, 3.63) is 84.3 Å². The van der Waals surface area contributed by atoms with E-state index < -0.39 is 0 Å². The summed E-state index contributed by atoms with van der Waals surface area (Å²) in [6, 6.07) is 23.3. The normalized spacial score (nSPS) is 10.8. The molecule has 3 aromatic carbocycles. The van der Waals surface area contributed by atoms with E-state index in [9.17, 15) is 4.79 Å². The van der Waals surface area contributed by atoms with Crippen molar-refractivity contribution in [3.63, 3.8) is 0 Å². The molecule has 5 nitrogen and oxygen atoms in total. The second kappa shape index (κ2) is 7.19. The van der Waals surface area contributed by atoms with Gasteiger partial charge in [0.1, 0.15) is 0 Å². The summed E-state index contributed by atoms with van der Waals surface area (Å²) in [5.74, 6) is 0.349. The molecule has 1 heterocycles. The number of carbonyl (C=O) groups excluding carboxylic acids is 1. The van der Waals surface area contributed by atoms with E-state index in [0.29, 0.717) is 5.89 Å². The Labute approximate surface area is 150 Å². The van der Waals surface area contributed by atoms with Crippen LogP contribution >= 0.6 is 0 Å². The Hall–Kier alpha value is -3.47. The van der Waals surface area contributed by atoms with Gasteiger partial charge in [-0.3, -0.25) is 4.79 Å². The highest BCUT2D eigenvalue weighted by Gasteiger charge is 2.12. The lowest BCUT2D eigenvalue weighted by Gasteiger charge is -2.06. The smallest absolute Gasteiger partial charge is 0.310 e. The van der Waals surface area contributed by atoms with Gasteiger partial charge in [-0.05, 0) is 28.5 Å². The summed E-state index contributed by atoms with van der Waals surface area (Å²) in [5, 5.41) is 10.1. The Morgan fingerprint density at radius 2 is 1.65 bits per heavy atom. The molecule has 1 aromatic heterocycles. The number of hydrogen-bond acceptors (Lipinski definition) is 5. The van der Waals surface area contributed by atoms with Gasteiger partial charge < -0.3 is 9.15 Å². The molecule has 26 heavy (non-hydrogen) atoms. The number of rotatable bonds is 5. The maximum atomic E-state index is 12.2. The van der Waals surface area contributed by atoms with E-state index >= 15 is 0 Å². The lowest BCUT2D eigenvalue weighted by molar-refractivity contribution is -0.144. The first-order valence-electron chi connectivity index (χ1n) is 8.30. The molecule has 0 atom stereocenters. The summed E-state index contributed by atoms with van der Waals surface area (Å²) in [4.78, 5) is 12.2. The molecule has 5 heteroatoms. The van der Waals surface area contributed by atoms with E-state index in [1.165, 1.54) is 0 Å². The molecular weight excluding hydrogens is 328 g/mol. The summed E-state index contributed by atoms with van der Waals surface area (Å²) in [5.41, 5.74) is 1.76. The Balaban J connectivity index is 1.41. The number of esters is 1. The third-order valence-corrected chi connectivity index (χ3v) is 4.06. The van der Waals surface area contributed by atoms with Crippen molar-refractivity contribution >= 4 is 16.7 Å². The van der Waals surface area contributed by atoms with Crippen LogP contribution in [0, 0.1) is 0 Å². The van der Waals surface area contributed by atoms with Crippen LogP contribution in [0.15, 0.2) is 77.2 Å². The van der Waals surface area contributed by atoms with Crippen molar-refractivity contribution in [2.75, 3.05) is 0 Å². The Kier molecular flexibility index (Phi) is 4.43. The molecule has 0 aliphatic rings. The van der Waals surface area contributed by atoms with Crippen molar-refractivity contribution in [1.29, 1.82) is 0 Å². The standard InChI is InChI=1S/C21H16N2O3/c24-20(13-17-11-6-10-15-7-4-5-12-18(15)17)25-14-19-22-23-21(26-19)16-8-2-1-3-9-16/h1-12H,13-14H2.